The number of ketones is 1. The lowest BCUT2D eigenvalue weighted by Crippen LogP contribution is -2.35. The summed E-state index contributed by atoms with van der Waals surface area (Å²) in [6.45, 7) is 5.85. The van der Waals surface area contributed by atoms with Crippen LogP contribution in [0.5, 0.6) is 0 Å². The number of carbonyl (C=O) groups excluding carboxylic acids is 3. The fraction of sp³-hybridized carbons (Fsp3) is 0.500. The number of esters is 2. The van der Waals surface area contributed by atoms with Crippen LogP contribution in [0, 0.1) is 27.4 Å². The molecule has 0 N–H and O–H groups in total. The molecule has 3 aliphatic carbocycles. The summed E-state index contributed by atoms with van der Waals surface area (Å²) in [7, 11) is 0. The number of carbonyl (C=O) groups is 3. The Morgan fingerprint density at radius 1 is 1.15 bits per heavy atom. The topological polar surface area (TPSA) is 113 Å². The van der Waals surface area contributed by atoms with Gasteiger partial charge in [0.2, 0.25) is 0 Å². The van der Waals surface area contributed by atoms with E-state index in [4.69, 9.17) is 9.47 Å². The summed E-state index contributed by atoms with van der Waals surface area (Å²) in [6.07, 6.45) is 4.77. The number of hydrogen-bond acceptors (Lipinski definition) is 7. The zero-order valence-electron chi connectivity index (χ0n) is 19.7. The van der Waals surface area contributed by atoms with E-state index in [-0.39, 0.29) is 35.5 Å². The number of rotatable bonds is 5. The summed E-state index contributed by atoms with van der Waals surface area (Å²) in [5.74, 6) is -1.07. The van der Waals surface area contributed by atoms with Gasteiger partial charge in [-0.3, -0.25) is 14.9 Å². The van der Waals surface area contributed by atoms with Crippen molar-refractivity contribution in [3.63, 3.8) is 0 Å². The van der Waals surface area contributed by atoms with Crippen molar-refractivity contribution in [2.75, 3.05) is 6.61 Å². The average Bonchev–Trinajstić information content (AvgIpc) is 3.08. The zero-order chi connectivity index (χ0) is 24.6. The van der Waals surface area contributed by atoms with E-state index in [1.54, 1.807) is 6.92 Å². The third-order valence-electron chi connectivity index (χ3n) is 7.42. The Balaban J connectivity index is 1.59. The molecule has 0 heterocycles. The molecule has 180 valence electrons. The first-order chi connectivity index (χ1) is 16.2. The molecule has 4 atom stereocenters. The number of non-ortho nitro benzene ring substituents is 1. The third-order valence-corrected chi connectivity index (χ3v) is 7.42. The highest BCUT2D eigenvalue weighted by Crippen LogP contribution is 2.52. The molecule has 1 fully saturated rings. The predicted molar refractivity (Wildman–Crippen MR) is 123 cm³/mol. The second kappa shape index (κ2) is 9.16. The van der Waals surface area contributed by atoms with Crippen LogP contribution in [0.2, 0.25) is 0 Å². The average molecular weight is 468 g/mol. The minimum absolute atomic E-state index is 0.0348. The number of nitrogens with zero attached hydrogens (tertiary/aromatic N) is 1. The Morgan fingerprint density at radius 3 is 2.50 bits per heavy atom. The van der Waals surface area contributed by atoms with Crippen LogP contribution in [0.4, 0.5) is 5.69 Å². The largest absolute Gasteiger partial charge is 0.463 e. The normalized spacial score (nSPS) is 28.4. The number of nitro benzene ring substituents is 1. The maximum absolute atomic E-state index is 13.9. The zero-order valence-corrected chi connectivity index (χ0v) is 19.7. The van der Waals surface area contributed by atoms with Crippen molar-refractivity contribution in [1.29, 1.82) is 0 Å². The van der Waals surface area contributed by atoms with Crippen LogP contribution in [0.1, 0.15) is 63.2 Å². The van der Waals surface area contributed by atoms with Crippen LogP contribution in [0.25, 0.3) is 0 Å². The summed E-state index contributed by atoms with van der Waals surface area (Å²) in [6, 6.07) is 5.23. The standard InChI is InChI=1S/C26H29NO7/c1-4-33-25(30)21-15(2)5-6-16-7-10-18-13-20(14-26(18,3)23(28)22(16)21)34-24(29)17-8-11-19(12-9-17)27(31)32/h8-9,11-13,15-16,20H,4-7,10,14H2,1-3H3/t15-,16+,20-,26-/m0/s1. The summed E-state index contributed by atoms with van der Waals surface area (Å²) in [5.41, 5.74) is 1.31. The predicted octanol–water partition coefficient (Wildman–Crippen LogP) is 4.73. The van der Waals surface area contributed by atoms with Gasteiger partial charge < -0.3 is 9.47 Å². The van der Waals surface area contributed by atoms with Crippen LogP contribution < -0.4 is 0 Å². The van der Waals surface area contributed by atoms with Gasteiger partial charge in [-0.05, 0) is 69.6 Å². The molecule has 34 heavy (non-hydrogen) atoms. The summed E-state index contributed by atoms with van der Waals surface area (Å²) in [4.78, 5) is 49.7. The Morgan fingerprint density at radius 2 is 1.85 bits per heavy atom. The maximum atomic E-state index is 13.9. The van der Waals surface area contributed by atoms with Crippen molar-refractivity contribution in [1.82, 2.24) is 0 Å². The molecule has 0 unspecified atom stereocenters. The van der Waals surface area contributed by atoms with Crippen LogP contribution in [-0.2, 0) is 19.1 Å². The smallest absolute Gasteiger partial charge is 0.338 e. The number of Topliss-reactive ketones (excluding diaryl/α,β-unsaturated/α-hetero) is 1. The SMILES string of the molecule is CCOC(=O)C1=C2C(=O)[C@@]3(C)C[C@@H](OC(=O)c4ccc([N+](=O)[O-])cc4)C=C3CC[C@H]2CC[C@@H]1C. The number of allylic oxidation sites excluding steroid dienone is 2. The van der Waals surface area contributed by atoms with Gasteiger partial charge in [-0.25, -0.2) is 9.59 Å². The van der Waals surface area contributed by atoms with E-state index in [1.165, 1.54) is 24.3 Å². The maximum Gasteiger partial charge on any atom is 0.338 e. The lowest BCUT2D eigenvalue weighted by Gasteiger charge is -2.33. The number of ether oxygens (including phenoxy) is 2. The second-order valence-electron chi connectivity index (χ2n) is 9.57. The molecular weight excluding hydrogens is 438 g/mol. The molecule has 0 spiro atoms. The first kappa shape index (κ1) is 23.9. The van der Waals surface area contributed by atoms with E-state index < -0.39 is 28.4 Å². The van der Waals surface area contributed by atoms with Crippen LogP contribution in [-0.4, -0.2) is 35.4 Å². The van der Waals surface area contributed by atoms with Gasteiger partial charge >= 0.3 is 11.9 Å². The third kappa shape index (κ3) is 4.17. The minimum Gasteiger partial charge on any atom is -0.463 e. The molecule has 0 radical (unpaired) electrons. The number of hydrogen-bond donors (Lipinski definition) is 0. The van der Waals surface area contributed by atoms with Crippen molar-refractivity contribution < 1.29 is 28.8 Å². The van der Waals surface area contributed by atoms with E-state index in [1.807, 2.05) is 19.9 Å². The molecule has 0 aliphatic heterocycles. The van der Waals surface area contributed by atoms with Crippen molar-refractivity contribution in [3.8, 4) is 0 Å². The summed E-state index contributed by atoms with van der Waals surface area (Å²) < 4.78 is 11.0. The van der Waals surface area contributed by atoms with Gasteiger partial charge in [0, 0.05) is 29.7 Å². The number of fused-ring (bicyclic) bond motifs is 2. The molecular formula is C26H29NO7. The van der Waals surface area contributed by atoms with Crippen molar-refractivity contribution in [2.24, 2.45) is 17.3 Å². The Bertz CT molecular complexity index is 1100. The van der Waals surface area contributed by atoms with E-state index >= 15 is 0 Å². The van der Waals surface area contributed by atoms with Crippen molar-refractivity contribution >= 4 is 23.4 Å². The molecule has 0 aromatic heterocycles. The van der Waals surface area contributed by atoms with E-state index in [9.17, 15) is 24.5 Å². The quantitative estimate of drug-likeness (QED) is 0.266. The molecule has 0 saturated heterocycles. The molecule has 1 saturated carbocycles. The Kier molecular flexibility index (Phi) is 6.43. The van der Waals surface area contributed by atoms with Gasteiger partial charge in [-0.15, -0.1) is 0 Å². The van der Waals surface area contributed by atoms with Gasteiger partial charge in [-0.1, -0.05) is 12.5 Å². The van der Waals surface area contributed by atoms with Crippen molar-refractivity contribution in [2.45, 2.75) is 59.0 Å². The summed E-state index contributed by atoms with van der Waals surface area (Å²) >= 11 is 0. The lowest BCUT2D eigenvalue weighted by molar-refractivity contribution is -0.384. The minimum atomic E-state index is -0.848. The number of benzene rings is 1. The summed E-state index contributed by atoms with van der Waals surface area (Å²) in [5, 5.41) is 10.8. The molecule has 1 aromatic rings. The lowest BCUT2D eigenvalue weighted by atomic mass is 9.70. The molecule has 0 bridgehead atoms. The highest BCUT2D eigenvalue weighted by Gasteiger charge is 2.51. The van der Waals surface area contributed by atoms with E-state index in [0.717, 1.165) is 24.8 Å². The highest BCUT2D eigenvalue weighted by atomic mass is 16.6. The van der Waals surface area contributed by atoms with Crippen LogP contribution in [0.15, 0.2) is 47.1 Å². The molecule has 1 aromatic carbocycles. The van der Waals surface area contributed by atoms with Gasteiger partial charge in [-0.2, -0.15) is 0 Å². The van der Waals surface area contributed by atoms with Crippen LogP contribution >= 0.6 is 0 Å². The Labute approximate surface area is 198 Å². The van der Waals surface area contributed by atoms with E-state index in [2.05, 4.69) is 0 Å². The fourth-order valence-electron chi connectivity index (χ4n) is 5.57. The van der Waals surface area contributed by atoms with Gasteiger partial charge in [0.1, 0.15) is 6.10 Å². The first-order valence-electron chi connectivity index (χ1n) is 11.8. The Hall–Kier alpha value is -3.29. The molecule has 4 rings (SSSR count). The second-order valence-corrected chi connectivity index (χ2v) is 9.57. The van der Waals surface area contributed by atoms with Gasteiger partial charge in [0.15, 0.2) is 5.78 Å². The molecule has 8 nitrogen and oxygen atoms in total. The molecule has 3 aliphatic rings. The highest BCUT2D eigenvalue weighted by molar-refractivity contribution is 6.09. The monoisotopic (exact) mass is 467 g/mol. The van der Waals surface area contributed by atoms with Crippen LogP contribution in [0.3, 0.4) is 0 Å². The molecule has 8 heteroatoms. The first-order valence-corrected chi connectivity index (χ1v) is 11.8. The number of nitro groups is 1. The van der Waals surface area contributed by atoms with E-state index in [0.29, 0.717) is 24.0 Å². The molecule has 0 amide bonds. The fourth-order valence-corrected chi connectivity index (χ4v) is 5.57. The van der Waals surface area contributed by atoms with Gasteiger partial charge in [0.05, 0.1) is 22.5 Å². The van der Waals surface area contributed by atoms with Crippen molar-refractivity contribution in [3.05, 3.63) is 62.7 Å². The van der Waals surface area contributed by atoms with Gasteiger partial charge in [0.25, 0.3) is 5.69 Å².